The molecule has 19 heavy (non-hydrogen) atoms. The number of ketones is 1. The first kappa shape index (κ1) is 16.1. The minimum atomic E-state index is -0.714. The van der Waals surface area contributed by atoms with E-state index in [1.54, 1.807) is 6.92 Å². The Hall–Kier alpha value is -0.940. The van der Waals surface area contributed by atoms with Crippen LogP contribution in [-0.4, -0.2) is 36.0 Å². The largest absolute Gasteiger partial charge is 0.361 e. The summed E-state index contributed by atoms with van der Waals surface area (Å²) >= 11 is 0. The second-order valence-electron chi connectivity index (χ2n) is 6.34. The van der Waals surface area contributed by atoms with E-state index in [1.807, 2.05) is 27.7 Å². The summed E-state index contributed by atoms with van der Waals surface area (Å²) in [6.07, 6.45) is 0.605. The Morgan fingerprint density at radius 1 is 1.32 bits per heavy atom. The van der Waals surface area contributed by atoms with E-state index in [9.17, 15) is 9.59 Å². The molecule has 0 radical (unpaired) electrons. The highest BCUT2D eigenvalue weighted by atomic mass is 16.6. The molecule has 0 spiro atoms. The van der Waals surface area contributed by atoms with Crippen molar-refractivity contribution in [3.8, 4) is 0 Å². The van der Waals surface area contributed by atoms with Gasteiger partial charge in [0, 0.05) is 0 Å². The van der Waals surface area contributed by atoms with Gasteiger partial charge < -0.3 is 15.8 Å². The van der Waals surface area contributed by atoms with Gasteiger partial charge in [0.2, 0.25) is 5.91 Å². The molecule has 5 heteroatoms. The molecule has 1 rings (SSSR count). The Labute approximate surface area is 115 Å². The molecular formula is C14H26N2O3. The average molecular weight is 270 g/mol. The third kappa shape index (κ3) is 4.28. The maximum absolute atomic E-state index is 12.3. The molecule has 1 fully saturated rings. The summed E-state index contributed by atoms with van der Waals surface area (Å²) in [5, 5.41) is 2.78. The standard InChI is InChI=1S/C14H26N2O3/c1-8(2)6-10(12(17)14(5)7-19-14)16-13(18)11(15)9(3)4/h8-11H,6-7,15H2,1-5H3,(H,16,18)/t10?,11-,14+/m0/s1. The molecule has 0 aromatic carbocycles. The van der Waals surface area contributed by atoms with Gasteiger partial charge in [0.15, 0.2) is 5.78 Å². The molecular weight excluding hydrogens is 244 g/mol. The minimum Gasteiger partial charge on any atom is -0.361 e. The summed E-state index contributed by atoms with van der Waals surface area (Å²) in [6, 6.07) is -1.10. The molecule has 0 aromatic heterocycles. The number of nitrogens with two attached hydrogens (primary N) is 1. The Bertz CT molecular complexity index is 349. The average Bonchev–Trinajstić information content (AvgIpc) is 3.04. The van der Waals surface area contributed by atoms with Gasteiger partial charge in [0.25, 0.3) is 0 Å². The first-order chi connectivity index (χ1) is 8.67. The van der Waals surface area contributed by atoms with E-state index in [-0.39, 0.29) is 17.6 Å². The summed E-state index contributed by atoms with van der Waals surface area (Å²) in [5.74, 6) is 0.0400. The molecule has 0 saturated carbocycles. The van der Waals surface area contributed by atoms with Crippen molar-refractivity contribution in [3.63, 3.8) is 0 Å². The van der Waals surface area contributed by atoms with E-state index >= 15 is 0 Å². The molecule has 1 heterocycles. The van der Waals surface area contributed by atoms with Gasteiger partial charge in [-0.2, -0.15) is 0 Å². The number of carbonyl (C=O) groups is 2. The van der Waals surface area contributed by atoms with E-state index in [0.717, 1.165) is 0 Å². The summed E-state index contributed by atoms with van der Waals surface area (Å²) in [7, 11) is 0. The lowest BCUT2D eigenvalue weighted by molar-refractivity contribution is -0.131. The number of nitrogens with one attached hydrogen (secondary N) is 1. The summed E-state index contributed by atoms with van der Waals surface area (Å²) < 4.78 is 5.18. The van der Waals surface area contributed by atoms with Gasteiger partial charge in [-0.1, -0.05) is 27.7 Å². The van der Waals surface area contributed by atoms with Crippen LogP contribution in [-0.2, 0) is 14.3 Å². The highest BCUT2D eigenvalue weighted by Gasteiger charge is 2.50. The van der Waals surface area contributed by atoms with Gasteiger partial charge in [0.1, 0.15) is 5.60 Å². The number of carbonyl (C=O) groups excluding carboxylic acids is 2. The van der Waals surface area contributed by atoms with Crippen LogP contribution >= 0.6 is 0 Å². The zero-order valence-corrected chi connectivity index (χ0v) is 12.5. The fraction of sp³-hybridized carbons (Fsp3) is 0.857. The van der Waals surface area contributed by atoms with Crippen LogP contribution in [0.4, 0.5) is 0 Å². The highest BCUT2D eigenvalue weighted by Crippen LogP contribution is 2.29. The third-order valence-electron chi connectivity index (χ3n) is 3.46. The van der Waals surface area contributed by atoms with Gasteiger partial charge in [-0.25, -0.2) is 0 Å². The molecule has 0 aromatic rings. The van der Waals surface area contributed by atoms with Crippen LogP contribution in [0.25, 0.3) is 0 Å². The molecule has 1 unspecified atom stereocenters. The van der Waals surface area contributed by atoms with Gasteiger partial charge in [-0.05, 0) is 25.2 Å². The Morgan fingerprint density at radius 2 is 1.84 bits per heavy atom. The third-order valence-corrected chi connectivity index (χ3v) is 3.46. The minimum absolute atomic E-state index is 0.0440. The van der Waals surface area contributed by atoms with Crippen LogP contribution in [0.2, 0.25) is 0 Å². The monoisotopic (exact) mass is 270 g/mol. The van der Waals surface area contributed by atoms with Crippen molar-refractivity contribution >= 4 is 11.7 Å². The van der Waals surface area contributed by atoms with Gasteiger partial charge in [-0.3, -0.25) is 9.59 Å². The van der Waals surface area contributed by atoms with Crippen molar-refractivity contribution in [1.82, 2.24) is 5.32 Å². The van der Waals surface area contributed by atoms with E-state index in [4.69, 9.17) is 10.5 Å². The van der Waals surface area contributed by atoms with Crippen LogP contribution in [0, 0.1) is 11.8 Å². The first-order valence-electron chi connectivity index (χ1n) is 6.91. The van der Waals surface area contributed by atoms with Crippen molar-refractivity contribution in [2.75, 3.05) is 6.61 Å². The lowest BCUT2D eigenvalue weighted by Gasteiger charge is -2.24. The zero-order chi connectivity index (χ0) is 14.8. The van der Waals surface area contributed by atoms with Crippen molar-refractivity contribution < 1.29 is 14.3 Å². The number of hydrogen-bond acceptors (Lipinski definition) is 4. The molecule has 1 aliphatic heterocycles. The van der Waals surface area contributed by atoms with Crippen LogP contribution in [0.1, 0.15) is 41.0 Å². The molecule has 3 N–H and O–H groups in total. The molecule has 110 valence electrons. The predicted molar refractivity (Wildman–Crippen MR) is 73.6 cm³/mol. The zero-order valence-electron chi connectivity index (χ0n) is 12.5. The van der Waals surface area contributed by atoms with Crippen molar-refractivity contribution in [1.29, 1.82) is 0 Å². The van der Waals surface area contributed by atoms with Crippen LogP contribution in [0.5, 0.6) is 0 Å². The molecule has 1 saturated heterocycles. The number of epoxide rings is 1. The van der Waals surface area contributed by atoms with Crippen molar-refractivity contribution in [2.45, 2.75) is 58.7 Å². The van der Waals surface area contributed by atoms with Crippen LogP contribution < -0.4 is 11.1 Å². The molecule has 0 aliphatic carbocycles. The maximum atomic E-state index is 12.3. The van der Waals surface area contributed by atoms with Crippen molar-refractivity contribution in [2.24, 2.45) is 17.6 Å². The Kier molecular flexibility index (Phi) is 5.10. The molecule has 1 aliphatic rings. The van der Waals surface area contributed by atoms with E-state index in [2.05, 4.69) is 5.32 Å². The number of rotatable bonds is 7. The lowest BCUT2D eigenvalue weighted by atomic mass is 9.93. The number of ether oxygens (including phenoxy) is 1. The molecule has 1 amide bonds. The number of Topliss-reactive ketones (excluding diaryl/α,β-unsaturated/α-hetero) is 1. The topological polar surface area (TPSA) is 84.7 Å². The summed E-state index contributed by atoms with van der Waals surface area (Å²) in [4.78, 5) is 24.3. The smallest absolute Gasteiger partial charge is 0.237 e. The summed E-state index contributed by atoms with van der Waals surface area (Å²) in [5.41, 5.74) is 5.10. The SMILES string of the molecule is CC(C)CC(NC(=O)[C@@H](N)C(C)C)C(=O)[C@@]1(C)CO1. The Morgan fingerprint density at radius 3 is 2.21 bits per heavy atom. The molecule has 0 bridgehead atoms. The number of amides is 1. The molecule has 3 atom stereocenters. The second kappa shape index (κ2) is 6.01. The second-order valence-corrected chi connectivity index (χ2v) is 6.34. The van der Waals surface area contributed by atoms with Gasteiger partial charge >= 0.3 is 0 Å². The highest BCUT2D eigenvalue weighted by molar-refractivity contribution is 5.97. The lowest BCUT2D eigenvalue weighted by Crippen LogP contribution is -2.53. The van der Waals surface area contributed by atoms with E-state index in [0.29, 0.717) is 18.9 Å². The normalized spacial score (nSPS) is 25.3. The fourth-order valence-corrected chi connectivity index (χ4v) is 1.89. The van der Waals surface area contributed by atoms with E-state index < -0.39 is 17.7 Å². The quantitative estimate of drug-likeness (QED) is 0.672. The first-order valence-corrected chi connectivity index (χ1v) is 6.91. The van der Waals surface area contributed by atoms with Crippen molar-refractivity contribution in [3.05, 3.63) is 0 Å². The van der Waals surface area contributed by atoms with Crippen LogP contribution in [0.3, 0.4) is 0 Å². The number of hydrogen-bond donors (Lipinski definition) is 2. The fourth-order valence-electron chi connectivity index (χ4n) is 1.89. The van der Waals surface area contributed by atoms with E-state index in [1.165, 1.54) is 0 Å². The molecule has 5 nitrogen and oxygen atoms in total. The Balaban J connectivity index is 2.69. The summed E-state index contributed by atoms with van der Waals surface area (Å²) in [6.45, 7) is 10.0. The van der Waals surface area contributed by atoms with Crippen LogP contribution in [0.15, 0.2) is 0 Å². The van der Waals surface area contributed by atoms with Gasteiger partial charge in [0.05, 0.1) is 18.7 Å². The maximum Gasteiger partial charge on any atom is 0.237 e. The predicted octanol–water partition coefficient (Wildman–Crippen LogP) is 0.859. The van der Waals surface area contributed by atoms with Gasteiger partial charge in [-0.15, -0.1) is 0 Å².